The van der Waals surface area contributed by atoms with Gasteiger partial charge in [-0.25, -0.2) is 4.79 Å². The average molecular weight is 192 g/mol. The van der Waals surface area contributed by atoms with E-state index in [4.69, 9.17) is 20.4 Å². The van der Waals surface area contributed by atoms with E-state index in [1.807, 2.05) is 0 Å². The van der Waals surface area contributed by atoms with Crippen molar-refractivity contribution in [2.45, 2.75) is 31.7 Å². The number of carboxylic acids is 1. The maximum absolute atomic E-state index is 10.5. The molecule has 0 radical (unpaired) electrons. The Balaban J connectivity index is 3.68. The number of hydrogen-bond acceptors (Lipinski definition) is 5. The predicted molar refractivity (Wildman–Crippen MR) is 40.7 cm³/mol. The molecular formula is C7H12O6. The number of hydrogen-bond donors (Lipinski definition) is 4. The fourth-order valence-electron chi connectivity index (χ4n) is 0.745. The maximum atomic E-state index is 10.5. The molecule has 0 aliphatic heterocycles. The van der Waals surface area contributed by atoms with Gasteiger partial charge in [0.1, 0.15) is 0 Å². The third-order valence-electron chi connectivity index (χ3n) is 1.42. The van der Waals surface area contributed by atoms with Crippen molar-refractivity contribution in [1.82, 2.24) is 0 Å². The first-order chi connectivity index (χ1) is 5.93. The van der Waals surface area contributed by atoms with Gasteiger partial charge in [-0.1, -0.05) is 0 Å². The van der Waals surface area contributed by atoms with E-state index >= 15 is 0 Å². The van der Waals surface area contributed by atoms with Crippen molar-refractivity contribution in [1.29, 1.82) is 0 Å². The van der Waals surface area contributed by atoms with E-state index in [9.17, 15) is 9.59 Å². The lowest BCUT2D eigenvalue weighted by molar-refractivity contribution is -0.150. The van der Waals surface area contributed by atoms with Gasteiger partial charge in [-0.05, 0) is 6.42 Å². The lowest BCUT2D eigenvalue weighted by Gasteiger charge is -2.08. The summed E-state index contributed by atoms with van der Waals surface area (Å²) in [6, 6.07) is 0. The Kier molecular flexibility index (Phi) is 5.20. The molecule has 1 atom stereocenters. The predicted octanol–water partition coefficient (Wildman–Crippen LogP) is -1.52. The Labute approximate surface area is 74.4 Å². The summed E-state index contributed by atoms with van der Waals surface area (Å²) in [5.74, 6) is -2.68. The fourth-order valence-corrected chi connectivity index (χ4v) is 0.745. The van der Waals surface area contributed by atoms with Crippen LogP contribution in [-0.4, -0.2) is 44.6 Å². The van der Waals surface area contributed by atoms with Crippen LogP contribution in [0.25, 0.3) is 0 Å². The van der Waals surface area contributed by atoms with Crippen molar-refractivity contribution in [2.75, 3.05) is 0 Å². The normalized spacial score (nSPS) is 12.9. The molecule has 0 saturated heterocycles. The van der Waals surface area contributed by atoms with Crippen molar-refractivity contribution in [2.24, 2.45) is 0 Å². The number of aliphatic carboxylic acids is 1. The second-order valence-corrected chi connectivity index (χ2v) is 2.64. The minimum absolute atomic E-state index is 0.0172. The molecule has 6 nitrogen and oxygen atoms in total. The van der Waals surface area contributed by atoms with Crippen molar-refractivity contribution in [3.63, 3.8) is 0 Å². The highest BCUT2D eigenvalue weighted by molar-refractivity contribution is 6.32. The van der Waals surface area contributed by atoms with Crippen molar-refractivity contribution in [3.8, 4) is 0 Å². The molecule has 4 N–H and O–H groups in total. The first-order valence-corrected chi connectivity index (χ1v) is 3.73. The van der Waals surface area contributed by atoms with E-state index in [0.29, 0.717) is 0 Å². The number of ketones is 1. The van der Waals surface area contributed by atoms with E-state index in [-0.39, 0.29) is 12.8 Å². The molecule has 0 aromatic carbocycles. The number of carboxylic acid groups (broad SMARTS) is 1. The smallest absolute Gasteiger partial charge is 0.372 e. The second-order valence-electron chi connectivity index (χ2n) is 2.64. The van der Waals surface area contributed by atoms with E-state index in [0.717, 1.165) is 0 Å². The third kappa shape index (κ3) is 6.21. The molecule has 0 heterocycles. The van der Waals surface area contributed by atoms with Gasteiger partial charge >= 0.3 is 5.97 Å². The monoisotopic (exact) mass is 192 g/mol. The number of Topliss-reactive ketones (excluding diaryl/α,β-unsaturated/α-hetero) is 1. The summed E-state index contributed by atoms with van der Waals surface area (Å²) in [4.78, 5) is 20.5. The summed E-state index contributed by atoms with van der Waals surface area (Å²) in [6.07, 6.45) is -3.28. The van der Waals surface area contributed by atoms with Gasteiger partial charge in [0.15, 0.2) is 6.29 Å². The highest BCUT2D eigenvalue weighted by Gasteiger charge is 2.17. The summed E-state index contributed by atoms with van der Waals surface area (Å²) in [7, 11) is 0. The van der Waals surface area contributed by atoms with Crippen LogP contribution in [0, 0.1) is 0 Å². The molecule has 0 fully saturated rings. The van der Waals surface area contributed by atoms with Gasteiger partial charge in [0.05, 0.1) is 6.10 Å². The lowest BCUT2D eigenvalue weighted by atomic mass is 10.1. The van der Waals surface area contributed by atoms with Crippen LogP contribution in [0.3, 0.4) is 0 Å². The van der Waals surface area contributed by atoms with Crippen LogP contribution in [0.15, 0.2) is 0 Å². The Bertz CT molecular complexity index is 187. The summed E-state index contributed by atoms with van der Waals surface area (Å²) < 4.78 is 0. The van der Waals surface area contributed by atoms with Gasteiger partial charge in [-0.2, -0.15) is 0 Å². The highest BCUT2D eigenvalue weighted by atomic mass is 16.5. The fraction of sp³-hybridized carbons (Fsp3) is 0.714. The van der Waals surface area contributed by atoms with Crippen LogP contribution in [0.4, 0.5) is 0 Å². The van der Waals surface area contributed by atoms with E-state index < -0.39 is 30.6 Å². The summed E-state index contributed by atoms with van der Waals surface area (Å²) >= 11 is 0. The Morgan fingerprint density at radius 2 is 1.62 bits per heavy atom. The zero-order valence-corrected chi connectivity index (χ0v) is 6.88. The first kappa shape index (κ1) is 12.0. The number of rotatable bonds is 6. The zero-order chi connectivity index (χ0) is 10.4. The van der Waals surface area contributed by atoms with E-state index in [1.54, 1.807) is 0 Å². The standard InChI is InChI=1S/C7H12O6/c8-4(1-2-6(10)11)3-5(9)7(12)13/h4,6,8,10-11H,1-3H2,(H,12,13). The topological polar surface area (TPSA) is 115 Å². The lowest BCUT2D eigenvalue weighted by Crippen LogP contribution is -2.21. The molecule has 0 bridgehead atoms. The van der Waals surface area contributed by atoms with Gasteiger partial charge in [0.25, 0.3) is 0 Å². The molecule has 13 heavy (non-hydrogen) atoms. The average Bonchev–Trinajstić information content (AvgIpc) is 2.00. The van der Waals surface area contributed by atoms with Gasteiger partial charge in [-0.3, -0.25) is 4.79 Å². The van der Waals surface area contributed by atoms with Crippen LogP contribution in [0.1, 0.15) is 19.3 Å². The SMILES string of the molecule is O=C(O)C(=O)CC(O)CCC(O)O. The molecule has 6 heteroatoms. The number of aliphatic hydroxyl groups excluding tert-OH is 2. The maximum Gasteiger partial charge on any atom is 0.372 e. The molecule has 1 unspecified atom stereocenters. The van der Waals surface area contributed by atoms with Crippen molar-refractivity contribution >= 4 is 11.8 Å². The Morgan fingerprint density at radius 1 is 1.08 bits per heavy atom. The zero-order valence-electron chi connectivity index (χ0n) is 6.88. The number of carbonyl (C=O) groups excluding carboxylic acids is 1. The van der Waals surface area contributed by atoms with Crippen LogP contribution in [0.5, 0.6) is 0 Å². The van der Waals surface area contributed by atoms with Gasteiger partial charge in [0.2, 0.25) is 5.78 Å². The molecule has 0 aromatic heterocycles. The second kappa shape index (κ2) is 5.63. The molecule has 0 rings (SSSR count). The largest absolute Gasteiger partial charge is 0.475 e. The highest BCUT2D eigenvalue weighted by Crippen LogP contribution is 2.04. The van der Waals surface area contributed by atoms with E-state index in [1.165, 1.54) is 0 Å². The first-order valence-electron chi connectivity index (χ1n) is 3.73. The number of aliphatic hydroxyl groups is 3. The number of carbonyl (C=O) groups is 2. The van der Waals surface area contributed by atoms with Crippen molar-refractivity contribution in [3.05, 3.63) is 0 Å². The minimum atomic E-state index is -1.59. The minimum Gasteiger partial charge on any atom is -0.475 e. The molecule has 76 valence electrons. The molecule has 0 spiro atoms. The molecule has 0 aromatic rings. The van der Waals surface area contributed by atoms with Gasteiger partial charge in [-0.15, -0.1) is 0 Å². The van der Waals surface area contributed by atoms with Crippen molar-refractivity contribution < 1.29 is 30.0 Å². The quantitative estimate of drug-likeness (QED) is 0.300. The van der Waals surface area contributed by atoms with Gasteiger partial charge < -0.3 is 20.4 Å². The molecule has 0 aliphatic rings. The third-order valence-corrected chi connectivity index (χ3v) is 1.42. The van der Waals surface area contributed by atoms with Crippen LogP contribution < -0.4 is 0 Å². The van der Waals surface area contributed by atoms with Crippen LogP contribution >= 0.6 is 0 Å². The summed E-state index contributed by atoms with van der Waals surface area (Å²) in [5, 5.41) is 33.9. The molecule has 0 aliphatic carbocycles. The molecule has 0 saturated carbocycles. The molecule has 0 amide bonds. The summed E-state index contributed by atoms with van der Waals surface area (Å²) in [6.45, 7) is 0. The Morgan fingerprint density at radius 3 is 2.00 bits per heavy atom. The molecular weight excluding hydrogens is 180 g/mol. The van der Waals surface area contributed by atoms with Gasteiger partial charge in [0, 0.05) is 12.8 Å². The van der Waals surface area contributed by atoms with E-state index in [2.05, 4.69) is 0 Å². The van der Waals surface area contributed by atoms with Crippen LogP contribution in [0.2, 0.25) is 0 Å². The Hall–Kier alpha value is -0.980. The summed E-state index contributed by atoms with van der Waals surface area (Å²) in [5.41, 5.74) is 0. The van der Waals surface area contributed by atoms with Crippen LogP contribution in [-0.2, 0) is 9.59 Å².